The molecule has 3 rings (SSSR count). The first-order valence-corrected chi connectivity index (χ1v) is 6.60. The van der Waals surface area contributed by atoms with Gasteiger partial charge >= 0.3 is 0 Å². The van der Waals surface area contributed by atoms with E-state index in [0.29, 0.717) is 5.56 Å². The maximum atomic E-state index is 12.1. The zero-order valence-electron chi connectivity index (χ0n) is 11.6. The van der Waals surface area contributed by atoms with Gasteiger partial charge in [-0.1, -0.05) is 48.0 Å². The molecule has 20 heavy (non-hydrogen) atoms. The van der Waals surface area contributed by atoms with E-state index in [-0.39, 0.29) is 5.56 Å². The number of hydrogen-bond acceptors (Lipinski definition) is 1. The largest absolute Gasteiger partial charge is 0.272 e. The first-order chi connectivity index (χ1) is 9.65. The SMILES string of the molecule is Cc1ccc(-c2cn(-c3ccccc3C)[nH]c2=O)cc1. The average Bonchev–Trinajstić information content (AvgIpc) is 2.82. The summed E-state index contributed by atoms with van der Waals surface area (Å²) in [6.07, 6.45) is 1.86. The van der Waals surface area contributed by atoms with E-state index in [4.69, 9.17) is 0 Å². The molecule has 0 spiro atoms. The summed E-state index contributed by atoms with van der Waals surface area (Å²) in [5.74, 6) is 0. The lowest BCUT2D eigenvalue weighted by Crippen LogP contribution is -2.05. The third-order valence-electron chi connectivity index (χ3n) is 3.46. The molecule has 0 atom stereocenters. The molecule has 0 aliphatic rings. The van der Waals surface area contributed by atoms with Crippen LogP contribution >= 0.6 is 0 Å². The van der Waals surface area contributed by atoms with Crippen LogP contribution in [0.1, 0.15) is 11.1 Å². The fraction of sp³-hybridized carbons (Fsp3) is 0.118. The molecule has 0 aliphatic carbocycles. The fourth-order valence-corrected chi connectivity index (χ4v) is 2.29. The monoisotopic (exact) mass is 264 g/mol. The van der Waals surface area contributed by atoms with Gasteiger partial charge in [-0.25, -0.2) is 0 Å². The van der Waals surface area contributed by atoms with Crippen molar-refractivity contribution < 1.29 is 0 Å². The lowest BCUT2D eigenvalue weighted by Gasteiger charge is -2.05. The van der Waals surface area contributed by atoms with Gasteiger partial charge in [-0.3, -0.25) is 14.6 Å². The second-order valence-electron chi connectivity index (χ2n) is 5.01. The topological polar surface area (TPSA) is 37.8 Å². The van der Waals surface area contributed by atoms with Crippen LogP contribution in [-0.4, -0.2) is 9.78 Å². The van der Waals surface area contributed by atoms with E-state index in [1.807, 2.05) is 68.6 Å². The summed E-state index contributed by atoms with van der Waals surface area (Å²) in [6, 6.07) is 15.9. The Morgan fingerprint density at radius 3 is 2.35 bits per heavy atom. The van der Waals surface area contributed by atoms with Crippen LogP contribution in [0.15, 0.2) is 59.5 Å². The van der Waals surface area contributed by atoms with Gasteiger partial charge in [-0.15, -0.1) is 0 Å². The van der Waals surface area contributed by atoms with Crippen LogP contribution < -0.4 is 5.56 Å². The number of para-hydroxylation sites is 1. The Hall–Kier alpha value is -2.55. The lowest BCUT2D eigenvalue weighted by molar-refractivity contribution is 0.857. The van der Waals surface area contributed by atoms with Crippen LogP contribution in [0.4, 0.5) is 0 Å². The molecule has 3 nitrogen and oxygen atoms in total. The Kier molecular flexibility index (Phi) is 3.03. The third kappa shape index (κ3) is 2.18. The van der Waals surface area contributed by atoms with Crippen molar-refractivity contribution in [3.05, 3.63) is 76.2 Å². The summed E-state index contributed by atoms with van der Waals surface area (Å²) in [7, 11) is 0. The lowest BCUT2D eigenvalue weighted by atomic mass is 10.1. The molecule has 3 aromatic rings. The Labute approximate surface area is 117 Å². The smallest absolute Gasteiger partial charge is 0.267 e. The number of hydrogen-bond donors (Lipinski definition) is 1. The van der Waals surface area contributed by atoms with Crippen molar-refractivity contribution in [2.45, 2.75) is 13.8 Å². The van der Waals surface area contributed by atoms with Gasteiger partial charge in [-0.2, -0.15) is 0 Å². The fourth-order valence-electron chi connectivity index (χ4n) is 2.29. The second kappa shape index (κ2) is 4.85. The maximum absolute atomic E-state index is 12.1. The summed E-state index contributed by atoms with van der Waals surface area (Å²) >= 11 is 0. The quantitative estimate of drug-likeness (QED) is 0.756. The van der Waals surface area contributed by atoms with Crippen molar-refractivity contribution in [2.75, 3.05) is 0 Å². The Morgan fingerprint density at radius 2 is 1.65 bits per heavy atom. The second-order valence-corrected chi connectivity index (χ2v) is 5.01. The molecule has 0 saturated carbocycles. The third-order valence-corrected chi connectivity index (χ3v) is 3.46. The molecule has 0 fully saturated rings. The minimum atomic E-state index is -0.0721. The zero-order chi connectivity index (χ0) is 14.1. The number of benzene rings is 2. The van der Waals surface area contributed by atoms with Crippen molar-refractivity contribution in [1.29, 1.82) is 0 Å². The summed E-state index contributed by atoms with van der Waals surface area (Å²) in [4.78, 5) is 12.1. The highest BCUT2D eigenvalue weighted by Gasteiger charge is 2.08. The van der Waals surface area contributed by atoms with E-state index in [0.717, 1.165) is 16.8 Å². The van der Waals surface area contributed by atoms with Crippen molar-refractivity contribution in [3.63, 3.8) is 0 Å². The Bertz CT molecular complexity index is 794. The van der Waals surface area contributed by atoms with E-state index in [2.05, 4.69) is 5.10 Å². The van der Waals surface area contributed by atoms with Gasteiger partial charge in [0.2, 0.25) is 0 Å². The standard InChI is InChI=1S/C17H16N2O/c1-12-7-9-14(10-8-12)15-11-19(18-17(15)20)16-6-4-3-5-13(16)2/h3-11H,1-2H3,(H,18,20). The molecule has 1 N–H and O–H groups in total. The van der Waals surface area contributed by atoms with Gasteiger partial charge < -0.3 is 0 Å². The van der Waals surface area contributed by atoms with Crippen LogP contribution in [0, 0.1) is 13.8 Å². The minimum Gasteiger partial charge on any atom is -0.267 e. The normalized spacial score (nSPS) is 10.7. The molecular weight excluding hydrogens is 248 g/mol. The highest BCUT2D eigenvalue weighted by atomic mass is 16.1. The van der Waals surface area contributed by atoms with E-state index in [1.165, 1.54) is 5.56 Å². The molecule has 1 aromatic heterocycles. The molecule has 0 amide bonds. The van der Waals surface area contributed by atoms with Crippen LogP contribution in [0.5, 0.6) is 0 Å². The van der Waals surface area contributed by atoms with E-state index in [9.17, 15) is 4.79 Å². The molecule has 2 aromatic carbocycles. The van der Waals surface area contributed by atoms with Gasteiger partial charge in [0.25, 0.3) is 5.56 Å². The van der Waals surface area contributed by atoms with Crippen molar-refractivity contribution in [1.82, 2.24) is 9.78 Å². The van der Waals surface area contributed by atoms with Crippen LogP contribution in [0.3, 0.4) is 0 Å². The molecule has 0 saturated heterocycles. The van der Waals surface area contributed by atoms with E-state index >= 15 is 0 Å². The predicted molar refractivity (Wildman–Crippen MR) is 81.3 cm³/mol. The number of aromatic amines is 1. The van der Waals surface area contributed by atoms with Gasteiger partial charge in [0.05, 0.1) is 11.3 Å². The highest BCUT2D eigenvalue weighted by molar-refractivity contribution is 5.62. The van der Waals surface area contributed by atoms with Crippen LogP contribution in [0.25, 0.3) is 16.8 Å². The number of aromatic nitrogens is 2. The van der Waals surface area contributed by atoms with Crippen molar-refractivity contribution in [2.24, 2.45) is 0 Å². The maximum Gasteiger partial charge on any atom is 0.272 e. The van der Waals surface area contributed by atoms with Crippen LogP contribution in [-0.2, 0) is 0 Å². The molecule has 100 valence electrons. The first kappa shape index (κ1) is 12.5. The number of nitrogens with zero attached hydrogens (tertiary/aromatic N) is 1. The molecule has 0 aliphatic heterocycles. The molecule has 0 unspecified atom stereocenters. The van der Waals surface area contributed by atoms with Crippen molar-refractivity contribution in [3.8, 4) is 16.8 Å². The van der Waals surface area contributed by atoms with E-state index in [1.54, 1.807) is 4.68 Å². The Morgan fingerprint density at radius 1 is 0.950 bits per heavy atom. The number of H-pyrrole nitrogens is 1. The highest BCUT2D eigenvalue weighted by Crippen LogP contribution is 2.18. The van der Waals surface area contributed by atoms with Gasteiger partial charge in [0.15, 0.2) is 0 Å². The van der Waals surface area contributed by atoms with E-state index < -0.39 is 0 Å². The van der Waals surface area contributed by atoms with Crippen LogP contribution in [0.2, 0.25) is 0 Å². The number of nitrogens with one attached hydrogen (secondary N) is 1. The van der Waals surface area contributed by atoms with Gasteiger partial charge in [0.1, 0.15) is 0 Å². The number of rotatable bonds is 2. The number of aryl methyl sites for hydroxylation is 2. The molecular formula is C17H16N2O. The summed E-state index contributed by atoms with van der Waals surface area (Å²) < 4.78 is 1.78. The molecule has 3 heteroatoms. The minimum absolute atomic E-state index is 0.0721. The average molecular weight is 264 g/mol. The summed E-state index contributed by atoms with van der Waals surface area (Å²) in [6.45, 7) is 4.06. The summed E-state index contributed by atoms with van der Waals surface area (Å²) in [5.41, 5.74) is 4.84. The van der Waals surface area contributed by atoms with Gasteiger partial charge in [-0.05, 0) is 31.0 Å². The van der Waals surface area contributed by atoms with Crippen molar-refractivity contribution >= 4 is 0 Å². The zero-order valence-corrected chi connectivity index (χ0v) is 11.6. The molecule has 0 radical (unpaired) electrons. The predicted octanol–water partition coefficient (Wildman–Crippen LogP) is 3.45. The molecule has 1 heterocycles. The summed E-state index contributed by atoms with van der Waals surface area (Å²) in [5, 5.41) is 2.88. The van der Waals surface area contributed by atoms with Gasteiger partial charge in [0, 0.05) is 6.20 Å². The molecule has 0 bridgehead atoms. The Balaban J connectivity index is 2.10. The first-order valence-electron chi connectivity index (χ1n) is 6.60.